The number of aryl methyl sites for hydroxylation is 1. The molecule has 0 spiro atoms. The lowest BCUT2D eigenvalue weighted by Gasteiger charge is -2.36. The van der Waals surface area contributed by atoms with E-state index in [1.54, 1.807) is 12.1 Å². The maximum Gasteiger partial charge on any atom is 0.307 e. The minimum Gasteiger partial charge on any atom is -0.481 e. The predicted octanol–water partition coefficient (Wildman–Crippen LogP) is 2.76. The van der Waals surface area contributed by atoms with Crippen molar-refractivity contribution in [1.82, 2.24) is 4.90 Å². The summed E-state index contributed by atoms with van der Waals surface area (Å²) in [7, 11) is 0. The van der Waals surface area contributed by atoms with Crippen LogP contribution in [0.1, 0.15) is 36.9 Å². The molecule has 1 aromatic carbocycles. The standard InChI is InChI=1S/C15H20N2O4/c1-10-5-6-13(17(20)21)8-14(10)11(2)16-7-3-4-12(9-16)15(18)19/h5-6,8,11-12H,3-4,7,9H2,1-2H3,(H,18,19). The number of piperidine rings is 1. The summed E-state index contributed by atoms with van der Waals surface area (Å²) in [5, 5.41) is 20.1. The molecule has 1 aliphatic rings. The Morgan fingerprint density at radius 1 is 1.52 bits per heavy atom. The number of nitro benzene ring substituents is 1. The van der Waals surface area contributed by atoms with E-state index in [1.807, 2.05) is 13.8 Å². The molecule has 2 rings (SSSR count). The molecule has 114 valence electrons. The minimum absolute atomic E-state index is 0.0213. The number of hydrogen-bond donors (Lipinski definition) is 1. The second kappa shape index (κ2) is 6.22. The summed E-state index contributed by atoms with van der Waals surface area (Å²) < 4.78 is 0. The van der Waals surface area contributed by atoms with Gasteiger partial charge in [0, 0.05) is 24.7 Å². The van der Waals surface area contributed by atoms with Crippen LogP contribution >= 0.6 is 0 Å². The molecule has 0 bridgehead atoms. The highest BCUT2D eigenvalue weighted by atomic mass is 16.6. The van der Waals surface area contributed by atoms with Crippen molar-refractivity contribution >= 4 is 11.7 Å². The van der Waals surface area contributed by atoms with Gasteiger partial charge in [-0.3, -0.25) is 19.8 Å². The predicted molar refractivity (Wildman–Crippen MR) is 78.2 cm³/mol. The number of rotatable bonds is 4. The number of likely N-dealkylation sites (tertiary alicyclic amines) is 1. The summed E-state index contributed by atoms with van der Waals surface area (Å²) in [5.41, 5.74) is 1.97. The quantitative estimate of drug-likeness (QED) is 0.681. The van der Waals surface area contributed by atoms with E-state index in [1.165, 1.54) is 6.07 Å². The molecule has 1 N–H and O–H groups in total. The Balaban J connectivity index is 2.22. The van der Waals surface area contributed by atoms with Gasteiger partial charge in [0.15, 0.2) is 0 Å². The first-order valence-corrected chi connectivity index (χ1v) is 7.12. The van der Waals surface area contributed by atoms with Crippen molar-refractivity contribution in [3.63, 3.8) is 0 Å². The third kappa shape index (κ3) is 3.39. The molecule has 1 aromatic rings. The molecule has 6 heteroatoms. The fourth-order valence-electron chi connectivity index (χ4n) is 2.95. The molecule has 0 radical (unpaired) electrons. The van der Waals surface area contributed by atoms with Gasteiger partial charge in [0.25, 0.3) is 5.69 Å². The Labute approximate surface area is 123 Å². The van der Waals surface area contributed by atoms with E-state index in [0.29, 0.717) is 13.0 Å². The zero-order valence-electron chi connectivity index (χ0n) is 12.3. The third-order valence-electron chi connectivity index (χ3n) is 4.27. The van der Waals surface area contributed by atoms with Crippen molar-refractivity contribution in [2.24, 2.45) is 5.92 Å². The normalized spacial score (nSPS) is 21.0. The Bertz CT molecular complexity index is 559. The van der Waals surface area contributed by atoms with Gasteiger partial charge in [-0.2, -0.15) is 0 Å². The molecule has 1 aliphatic heterocycles. The number of hydrogen-bond acceptors (Lipinski definition) is 4. The summed E-state index contributed by atoms with van der Waals surface area (Å²) in [6.07, 6.45) is 1.54. The molecular weight excluding hydrogens is 272 g/mol. The van der Waals surface area contributed by atoms with Crippen LogP contribution in [-0.2, 0) is 4.79 Å². The topological polar surface area (TPSA) is 83.7 Å². The molecule has 21 heavy (non-hydrogen) atoms. The van der Waals surface area contributed by atoms with Gasteiger partial charge < -0.3 is 5.11 Å². The highest BCUT2D eigenvalue weighted by Gasteiger charge is 2.29. The van der Waals surface area contributed by atoms with Crippen LogP contribution in [0.25, 0.3) is 0 Å². The first-order chi connectivity index (χ1) is 9.90. The SMILES string of the molecule is Cc1ccc([N+](=O)[O-])cc1C(C)N1CCCC(C(=O)O)C1. The molecule has 1 heterocycles. The molecule has 6 nitrogen and oxygen atoms in total. The Kier molecular flexibility index (Phi) is 4.57. The zero-order valence-corrected chi connectivity index (χ0v) is 12.3. The van der Waals surface area contributed by atoms with Crippen molar-refractivity contribution in [1.29, 1.82) is 0 Å². The monoisotopic (exact) mass is 292 g/mol. The van der Waals surface area contributed by atoms with Crippen LogP contribution < -0.4 is 0 Å². The highest BCUT2D eigenvalue weighted by molar-refractivity contribution is 5.70. The molecule has 1 saturated heterocycles. The number of nitrogens with zero attached hydrogens (tertiary/aromatic N) is 2. The lowest BCUT2D eigenvalue weighted by Crippen LogP contribution is -2.40. The second-order valence-corrected chi connectivity index (χ2v) is 5.65. The van der Waals surface area contributed by atoms with E-state index in [4.69, 9.17) is 5.11 Å². The van der Waals surface area contributed by atoms with Gasteiger partial charge in [-0.15, -0.1) is 0 Å². The van der Waals surface area contributed by atoms with Gasteiger partial charge in [-0.25, -0.2) is 0 Å². The fourth-order valence-corrected chi connectivity index (χ4v) is 2.95. The second-order valence-electron chi connectivity index (χ2n) is 5.65. The number of aliphatic carboxylic acids is 1. The molecule has 0 amide bonds. The fraction of sp³-hybridized carbons (Fsp3) is 0.533. The van der Waals surface area contributed by atoms with E-state index in [9.17, 15) is 14.9 Å². The van der Waals surface area contributed by atoms with Crippen molar-refractivity contribution in [2.45, 2.75) is 32.7 Å². The van der Waals surface area contributed by atoms with E-state index >= 15 is 0 Å². The van der Waals surface area contributed by atoms with Crippen LogP contribution in [0.4, 0.5) is 5.69 Å². The van der Waals surface area contributed by atoms with Crippen LogP contribution in [-0.4, -0.2) is 34.0 Å². The Morgan fingerprint density at radius 2 is 2.24 bits per heavy atom. The number of carboxylic acids is 1. The van der Waals surface area contributed by atoms with E-state index in [2.05, 4.69) is 4.90 Å². The van der Waals surface area contributed by atoms with Gasteiger partial charge in [0.1, 0.15) is 0 Å². The van der Waals surface area contributed by atoms with E-state index < -0.39 is 10.9 Å². The third-order valence-corrected chi connectivity index (χ3v) is 4.27. The van der Waals surface area contributed by atoms with Crippen LogP contribution in [0.3, 0.4) is 0 Å². The maximum absolute atomic E-state index is 11.2. The number of carboxylic acid groups (broad SMARTS) is 1. The van der Waals surface area contributed by atoms with Crippen LogP contribution in [0, 0.1) is 23.0 Å². The smallest absolute Gasteiger partial charge is 0.307 e. The van der Waals surface area contributed by atoms with Gasteiger partial charge >= 0.3 is 5.97 Å². The average molecular weight is 292 g/mol. The molecule has 0 aliphatic carbocycles. The molecular formula is C15H20N2O4. The molecule has 0 saturated carbocycles. The van der Waals surface area contributed by atoms with Gasteiger partial charge in [-0.1, -0.05) is 6.07 Å². The average Bonchev–Trinajstić information content (AvgIpc) is 2.47. The summed E-state index contributed by atoms with van der Waals surface area (Å²) >= 11 is 0. The lowest BCUT2D eigenvalue weighted by molar-refractivity contribution is -0.385. The summed E-state index contributed by atoms with van der Waals surface area (Å²) in [5.74, 6) is -1.11. The summed E-state index contributed by atoms with van der Waals surface area (Å²) in [4.78, 5) is 23.8. The Morgan fingerprint density at radius 3 is 2.86 bits per heavy atom. The number of benzene rings is 1. The van der Waals surface area contributed by atoms with Gasteiger partial charge in [-0.05, 0) is 44.4 Å². The molecule has 2 atom stereocenters. The molecule has 2 unspecified atom stereocenters. The minimum atomic E-state index is -0.761. The van der Waals surface area contributed by atoms with E-state index in [-0.39, 0.29) is 17.6 Å². The van der Waals surface area contributed by atoms with Gasteiger partial charge in [0.2, 0.25) is 0 Å². The van der Waals surface area contributed by atoms with Crippen molar-refractivity contribution in [2.75, 3.05) is 13.1 Å². The largest absolute Gasteiger partial charge is 0.481 e. The van der Waals surface area contributed by atoms with Crippen molar-refractivity contribution in [3.05, 3.63) is 39.4 Å². The first-order valence-electron chi connectivity index (χ1n) is 7.12. The van der Waals surface area contributed by atoms with Crippen LogP contribution in [0.5, 0.6) is 0 Å². The summed E-state index contributed by atoms with van der Waals surface area (Å²) in [6.45, 7) is 5.23. The number of nitro groups is 1. The first kappa shape index (κ1) is 15.4. The van der Waals surface area contributed by atoms with E-state index in [0.717, 1.165) is 24.1 Å². The van der Waals surface area contributed by atoms with Crippen LogP contribution in [0.2, 0.25) is 0 Å². The van der Waals surface area contributed by atoms with Crippen LogP contribution in [0.15, 0.2) is 18.2 Å². The Hall–Kier alpha value is -1.95. The van der Waals surface area contributed by atoms with Gasteiger partial charge in [0.05, 0.1) is 10.8 Å². The highest BCUT2D eigenvalue weighted by Crippen LogP contribution is 2.30. The zero-order chi connectivity index (χ0) is 15.6. The molecule has 0 aromatic heterocycles. The maximum atomic E-state index is 11.2. The number of carbonyl (C=O) groups is 1. The molecule has 1 fully saturated rings. The number of non-ortho nitro benzene ring substituents is 1. The van der Waals surface area contributed by atoms with Crippen molar-refractivity contribution < 1.29 is 14.8 Å². The van der Waals surface area contributed by atoms with Crippen molar-refractivity contribution in [3.8, 4) is 0 Å². The summed E-state index contributed by atoms with van der Waals surface area (Å²) in [6, 6.07) is 4.83. The lowest BCUT2D eigenvalue weighted by atomic mass is 9.94.